The van der Waals surface area contributed by atoms with Crippen molar-refractivity contribution in [2.24, 2.45) is 17.1 Å². The first-order valence-electron chi connectivity index (χ1n) is 7.85. The predicted molar refractivity (Wildman–Crippen MR) is 86.8 cm³/mol. The Morgan fingerprint density at radius 3 is 2.55 bits per heavy atom. The second kappa shape index (κ2) is 5.87. The number of hydrogen-bond acceptors (Lipinski definition) is 2. The predicted octanol–water partition coefficient (Wildman–Crippen LogP) is 3.67. The summed E-state index contributed by atoms with van der Waals surface area (Å²) in [5.41, 5.74) is 10.7. The highest BCUT2D eigenvalue weighted by Gasteiger charge is 2.35. The molecule has 1 aliphatic heterocycles. The highest BCUT2D eigenvalue weighted by molar-refractivity contribution is 5.35. The van der Waals surface area contributed by atoms with Crippen LogP contribution in [0.1, 0.15) is 49.9 Å². The van der Waals surface area contributed by atoms with E-state index in [1.807, 2.05) is 0 Å². The van der Waals surface area contributed by atoms with Gasteiger partial charge < -0.3 is 5.73 Å². The molecule has 2 N–H and O–H groups in total. The summed E-state index contributed by atoms with van der Waals surface area (Å²) >= 11 is 0. The summed E-state index contributed by atoms with van der Waals surface area (Å²) < 4.78 is 0. The normalized spacial score (nSPS) is 22.2. The summed E-state index contributed by atoms with van der Waals surface area (Å²) in [5.74, 6) is 0.779. The Morgan fingerprint density at radius 2 is 2.00 bits per heavy atom. The molecule has 0 radical (unpaired) electrons. The standard InChI is InChI=1S/C18H30N2/c1-13-7-6-8-16(14(13)2)17(11-19)20-10-9-15(12-20)18(3,4)5/h6-8,15,17H,9-12,19H2,1-5H3. The summed E-state index contributed by atoms with van der Waals surface area (Å²) in [4.78, 5) is 2.59. The summed E-state index contributed by atoms with van der Waals surface area (Å²) in [6.45, 7) is 14.6. The van der Waals surface area contributed by atoms with E-state index in [1.165, 1.54) is 36.2 Å². The van der Waals surface area contributed by atoms with Crippen molar-refractivity contribution in [3.05, 3.63) is 34.9 Å². The SMILES string of the molecule is Cc1cccc(C(CN)N2CCC(C(C)(C)C)C2)c1C. The Kier molecular flexibility index (Phi) is 4.55. The van der Waals surface area contributed by atoms with Gasteiger partial charge in [-0.15, -0.1) is 0 Å². The molecule has 0 aliphatic carbocycles. The van der Waals surface area contributed by atoms with Crippen LogP contribution in [0.4, 0.5) is 0 Å². The van der Waals surface area contributed by atoms with Crippen LogP contribution in [0.2, 0.25) is 0 Å². The van der Waals surface area contributed by atoms with E-state index in [0.717, 1.165) is 5.92 Å². The first-order chi connectivity index (χ1) is 9.34. The van der Waals surface area contributed by atoms with Crippen LogP contribution in [0.5, 0.6) is 0 Å². The van der Waals surface area contributed by atoms with Crippen molar-refractivity contribution in [1.29, 1.82) is 0 Å². The van der Waals surface area contributed by atoms with Crippen LogP contribution >= 0.6 is 0 Å². The topological polar surface area (TPSA) is 29.3 Å². The summed E-state index contributed by atoms with van der Waals surface area (Å²) in [6, 6.07) is 6.98. The molecule has 2 unspecified atom stereocenters. The third kappa shape index (κ3) is 3.07. The molecule has 20 heavy (non-hydrogen) atoms. The van der Waals surface area contributed by atoms with Crippen molar-refractivity contribution in [2.45, 2.75) is 47.1 Å². The van der Waals surface area contributed by atoms with E-state index < -0.39 is 0 Å². The molecule has 1 aromatic rings. The average Bonchev–Trinajstić information content (AvgIpc) is 2.85. The number of aryl methyl sites for hydroxylation is 1. The maximum absolute atomic E-state index is 6.12. The second-order valence-corrected chi connectivity index (χ2v) is 7.39. The maximum Gasteiger partial charge on any atom is 0.0473 e. The van der Waals surface area contributed by atoms with Crippen LogP contribution in [-0.4, -0.2) is 24.5 Å². The van der Waals surface area contributed by atoms with Crippen LogP contribution in [0.3, 0.4) is 0 Å². The highest BCUT2D eigenvalue weighted by Crippen LogP contribution is 2.37. The summed E-state index contributed by atoms with van der Waals surface area (Å²) in [6.07, 6.45) is 1.30. The van der Waals surface area contributed by atoms with Gasteiger partial charge in [0.2, 0.25) is 0 Å². The largest absolute Gasteiger partial charge is 0.329 e. The molecule has 2 heteroatoms. The van der Waals surface area contributed by atoms with Gasteiger partial charge in [-0.2, -0.15) is 0 Å². The van der Waals surface area contributed by atoms with Gasteiger partial charge in [-0.3, -0.25) is 4.90 Å². The van der Waals surface area contributed by atoms with Crippen molar-refractivity contribution in [3.63, 3.8) is 0 Å². The molecule has 1 aliphatic rings. The summed E-state index contributed by atoms with van der Waals surface area (Å²) in [7, 11) is 0. The molecule has 2 nitrogen and oxygen atoms in total. The van der Waals surface area contributed by atoms with E-state index in [9.17, 15) is 0 Å². The van der Waals surface area contributed by atoms with Crippen molar-refractivity contribution in [1.82, 2.24) is 4.90 Å². The minimum absolute atomic E-state index is 0.377. The van der Waals surface area contributed by atoms with E-state index in [0.29, 0.717) is 18.0 Å². The minimum Gasteiger partial charge on any atom is -0.329 e. The number of nitrogens with zero attached hydrogens (tertiary/aromatic N) is 1. The van der Waals surface area contributed by atoms with Crippen LogP contribution in [-0.2, 0) is 0 Å². The zero-order valence-corrected chi connectivity index (χ0v) is 13.7. The lowest BCUT2D eigenvalue weighted by Gasteiger charge is -2.31. The molecule has 112 valence electrons. The van der Waals surface area contributed by atoms with Gasteiger partial charge in [-0.1, -0.05) is 39.0 Å². The lowest BCUT2D eigenvalue weighted by atomic mass is 9.80. The van der Waals surface area contributed by atoms with Gasteiger partial charge >= 0.3 is 0 Å². The van der Waals surface area contributed by atoms with Crippen LogP contribution in [0.15, 0.2) is 18.2 Å². The molecular formula is C18H30N2. The Labute approximate surface area is 124 Å². The van der Waals surface area contributed by atoms with E-state index in [1.54, 1.807) is 0 Å². The molecule has 2 atom stereocenters. The molecule has 0 amide bonds. The zero-order valence-electron chi connectivity index (χ0n) is 13.7. The van der Waals surface area contributed by atoms with Crippen molar-refractivity contribution >= 4 is 0 Å². The third-order valence-electron chi connectivity index (χ3n) is 5.11. The fourth-order valence-electron chi connectivity index (χ4n) is 3.38. The smallest absolute Gasteiger partial charge is 0.0473 e. The van der Waals surface area contributed by atoms with E-state index in [4.69, 9.17) is 5.73 Å². The molecule has 1 aromatic carbocycles. The molecule has 0 bridgehead atoms. The van der Waals surface area contributed by atoms with Gasteiger partial charge in [0.25, 0.3) is 0 Å². The Bertz CT molecular complexity index is 459. The fraction of sp³-hybridized carbons (Fsp3) is 0.667. The number of nitrogens with two attached hydrogens (primary N) is 1. The van der Waals surface area contributed by atoms with Gasteiger partial charge in [-0.05, 0) is 54.8 Å². The van der Waals surface area contributed by atoms with Crippen molar-refractivity contribution < 1.29 is 0 Å². The number of rotatable bonds is 3. The van der Waals surface area contributed by atoms with E-state index in [2.05, 4.69) is 57.7 Å². The van der Waals surface area contributed by atoms with Crippen LogP contribution in [0.25, 0.3) is 0 Å². The molecule has 0 aromatic heterocycles. The van der Waals surface area contributed by atoms with Gasteiger partial charge in [-0.25, -0.2) is 0 Å². The lowest BCUT2D eigenvalue weighted by molar-refractivity contribution is 0.197. The first-order valence-corrected chi connectivity index (χ1v) is 7.85. The molecule has 0 spiro atoms. The van der Waals surface area contributed by atoms with Crippen LogP contribution in [0, 0.1) is 25.2 Å². The molecule has 1 heterocycles. The Balaban J connectivity index is 2.20. The van der Waals surface area contributed by atoms with Gasteiger partial charge in [0, 0.05) is 19.1 Å². The van der Waals surface area contributed by atoms with Gasteiger partial charge in [0.05, 0.1) is 0 Å². The summed E-state index contributed by atoms with van der Waals surface area (Å²) in [5, 5.41) is 0. The number of hydrogen-bond donors (Lipinski definition) is 1. The highest BCUT2D eigenvalue weighted by atomic mass is 15.2. The molecule has 2 rings (SSSR count). The quantitative estimate of drug-likeness (QED) is 0.911. The monoisotopic (exact) mass is 274 g/mol. The number of benzene rings is 1. The van der Waals surface area contributed by atoms with Gasteiger partial charge in [0.1, 0.15) is 0 Å². The van der Waals surface area contributed by atoms with Gasteiger partial charge in [0.15, 0.2) is 0 Å². The lowest BCUT2D eigenvalue weighted by Crippen LogP contribution is -2.34. The Morgan fingerprint density at radius 1 is 1.30 bits per heavy atom. The first kappa shape index (κ1) is 15.5. The molecule has 1 saturated heterocycles. The van der Waals surface area contributed by atoms with Crippen molar-refractivity contribution in [2.75, 3.05) is 19.6 Å². The van der Waals surface area contributed by atoms with E-state index in [-0.39, 0.29) is 0 Å². The molecular weight excluding hydrogens is 244 g/mol. The Hall–Kier alpha value is -0.860. The second-order valence-electron chi connectivity index (χ2n) is 7.39. The minimum atomic E-state index is 0.377. The fourth-order valence-corrected chi connectivity index (χ4v) is 3.38. The average molecular weight is 274 g/mol. The zero-order chi connectivity index (χ0) is 14.9. The third-order valence-corrected chi connectivity index (χ3v) is 5.11. The van der Waals surface area contributed by atoms with E-state index >= 15 is 0 Å². The molecule has 1 fully saturated rings. The molecule has 0 saturated carbocycles. The number of likely N-dealkylation sites (tertiary alicyclic amines) is 1. The maximum atomic E-state index is 6.12. The van der Waals surface area contributed by atoms with Crippen LogP contribution < -0.4 is 5.73 Å². The van der Waals surface area contributed by atoms with Crippen molar-refractivity contribution in [3.8, 4) is 0 Å².